The van der Waals surface area contributed by atoms with Crippen molar-refractivity contribution < 1.29 is 13.9 Å². The summed E-state index contributed by atoms with van der Waals surface area (Å²) in [7, 11) is 0. The Morgan fingerprint density at radius 2 is 2.06 bits per heavy atom. The van der Waals surface area contributed by atoms with Gasteiger partial charge in [0.2, 0.25) is 0 Å². The van der Waals surface area contributed by atoms with Gasteiger partial charge in [-0.25, -0.2) is 8.78 Å². The molecule has 1 aromatic carbocycles. The number of nitrogens with zero attached hydrogens (tertiary/aromatic N) is 1. The molecule has 0 aromatic heterocycles. The number of likely N-dealkylation sites (N-methyl/N-ethyl adjacent to an activating group) is 1. The lowest BCUT2D eigenvalue weighted by molar-refractivity contribution is 0.193. The molecule has 0 bridgehead atoms. The van der Waals surface area contributed by atoms with Crippen molar-refractivity contribution in [3.63, 3.8) is 0 Å². The molecule has 0 atom stereocenters. The smallest absolute Gasteiger partial charge is 0.144 e. The van der Waals surface area contributed by atoms with Crippen molar-refractivity contribution in [2.75, 3.05) is 19.7 Å². The van der Waals surface area contributed by atoms with E-state index in [1.807, 2.05) is 6.92 Å². The molecule has 0 radical (unpaired) electrons. The second-order valence-electron chi connectivity index (χ2n) is 3.41. The SMILES string of the molecule is CCN(CCO)Cc1c(F)ccc(Br)c1F. The zero-order chi connectivity index (χ0) is 12.1. The highest BCUT2D eigenvalue weighted by atomic mass is 79.9. The van der Waals surface area contributed by atoms with Gasteiger partial charge >= 0.3 is 0 Å². The molecule has 5 heteroatoms. The first-order valence-electron chi connectivity index (χ1n) is 5.05. The van der Waals surface area contributed by atoms with Crippen LogP contribution < -0.4 is 0 Å². The van der Waals surface area contributed by atoms with Gasteiger partial charge in [-0.1, -0.05) is 6.92 Å². The molecular weight excluding hydrogens is 280 g/mol. The average Bonchev–Trinajstić information content (AvgIpc) is 2.28. The molecule has 0 aliphatic rings. The molecule has 0 saturated carbocycles. The highest BCUT2D eigenvalue weighted by Gasteiger charge is 2.14. The van der Waals surface area contributed by atoms with E-state index in [4.69, 9.17) is 5.11 Å². The first-order valence-corrected chi connectivity index (χ1v) is 5.85. The minimum atomic E-state index is -0.573. The van der Waals surface area contributed by atoms with Crippen LogP contribution >= 0.6 is 15.9 Å². The quantitative estimate of drug-likeness (QED) is 0.844. The Morgan fingerprint density at radius 3 is 2.62 bits per heavy atom. The van der Waals surface area contributed by atoms with Crippen LogP contribution in [0, 0.1) is 11.6 Å². The Labute approximate surface area is 102 Å². The summed E-state index contributed by atoms with van der Waals surface area (Å²) in [6, 6.07) is 2.58. The lowest BCUT2D eigenvalue weighted by Gasteiger charge is -2.20. The predicted molar refractivity (Wildman–Crippen MR) is 62.1 cm³/mol. The molecule has 0 aliphatic heterocycles. The fourth-order valence-electron chi connectivity index (χ4n) is 1.43. The number of aliphatic hydroxyl groups is 1. The van der Waals surface area contributed by atoms with Gasteiger partial charge in [0.05, 0.1) is 11.1 Å². The molecule has 0 heterocycles. The van der Waals surface area contributed by atoms with E-state index in [2.05, 4.69) is 15.9 Å². The Morgan fingerprint density at radius 1 is 1.38 bits per heavy atom. The molecule has 0 saturated heterocycles. The molecule has 1 rings (SSSR count). The number of rotatable bonds is 5. The van der Waals surface area contributed by atoms with Crippen LogP contribution in [-0.4, -0.2) is 29.7 Å². The van der Waals surface area contributed by atoms with E-state index in [-0.39, 0.29) is 23.2 Å². The van der Waals surface area contributed by atoms with Crippen LogP contribution in [0.4, 0.5) is 8.78 Å². The van der Waals surface area contributed by atoms with Crippen molar-refractivity contribution in [3.8, 4) is 0 Å². The zero-order valence-corrected chi connectivity index (χ0v) is 10.6. The highest BCUT2D eigenvalue weighted by molar-refractivity contribution is 9.10. The number of benzene rings is 1. The third-order valence-corrected chi connectivity index (χ3v) is 3.00. The van der Waals surface area contributed by atoms with E-state index in [0.717, 1.165) is 0 Å². The summed E-state index contributed by atoms with van der Waals surface area (Å²) in [5, 5.41) is 8.80. The first kappa shape index (κ1) is 13.5. The molecule has 0 spiro atoms. The second-order valence-corrected chi connectivity index (χ2v) is 4.27. The summed E-state index contributed by atoms with van der Waals surface area (Å²) in [5.41, 5.74) is 0.0321. The molecular formula is C11H14BrF2NO. The number of aliphatic hydroxyl groups excluding tert-OH is 1. The van der Waals surface area contributed by atoms with Gasteiger partial charge in [0.15, 0.2) is 0 Å². The summed E-state index contributed by atoms with van der Waals surface area (Å²) in [6.07, 6.45) is 0. The van der Waals surface area contributed by atoms with E-state index in [1.54, 1.807) is 4.90 Å². The van der Waals surface area contributed by atoms with Crippen LogP contribution in [0.5, 0.6) is 0 Å². The lowest BCUT2D eigenvalue weighted by atomic mass is 10.2. The molecule has 90 valence electrons. The van der Waals surface area contributed by atoms with Crippen molar-refractivity contribution in [2.24, 2.45) is 0 Å². The van der Waals surface area contributed by atoms with E-state index in [0.29, 0.717) is 13.1 Å². The fraction of sp³-hybridized carbons (Fsp3) is 0.455. The van der Waals surface area contributed by atoms with Crippen molar-refractivity contribution in [1.82, 2.24) is 4.90 Å². The third kappa shape index (κ3) is 3.23. The van der Waals surface area contributed by atoms with Gasteiger partial charge in [-0.2, -0.15) is 0 Å². The van der Waals surface area contributed by atoms with E-state index in [9.17, 15) is 8.78 Å². The van der Waals surface area contributed by atoms with Crippen molar-refractivity contribution in [2.45, 2.75) is 13.5 Å². The fourth-order valence-corrected chi connectivity index (χ4v) is 1.80. The number of hydrogen-bond acceptors (Lipinski definition) is 2. The van der Waals surface area contributed by atoms with Gasteiger partial charge in [0.25, 0.3) is 0 Å². The molecule has 0 unspecified atom stereocenters. The predicted octanol–water partition coefficient (Wildman–Crippen LogP) is 2.54. The Balaban J connectivity index is 2.90. The topological polar surface area (TPSA) is 23.5 Å². The van der Waals surface area contributed by atoms with Crippen LogP contribution in [0.15, 0.2) is 16.6 Å². The molecule has 2 nitrogen and oxygen atoms in total. The maximum absolute atomic E-state index is 13.6. The molecule has 0 amide bonds. The number of halogens is 3. The second kappa shape index (κ2) is 6.27. The Hall–Kier alpha value is -0.520. The summed E-state index contributed by atoms with van der Waals surface area (Å²) < 4.78 is 27.3. The van der Waals surface area contributed by atoms with Crippen molar-refractivity contribution >= 4 is 15.9 Å². The summed E-state index contributed by atoms with van der Waals surface area (Å²) in [5.74, 6) is -1.13. The van der Waals surface area contributed by atoms with E-state index >= 15 is 0 Å². The van der Waals surface area contributed by atoms with Gasteiger partial charge in [-0.3, -0.25) is 4.90 Å². The van der Waals surface area contributed by atoms with Crippen LogP contribution in [0.1, 0.15) is 12.5 Å². The van der Waals surface area contributed by atoms with Crippen LogP contribution in [-0.2, 0) is 6.54 Å². The maximum atomic E-state index is 13.6. The first-order chi connectivity index (χ1) is 7.60. The van der Waals surface area contributed by atoms with Gasteiger partial charge in [0.1, 0.15) is 11.6 Å². The van der Waals surface area contributed by atoms with Crippen molar-refractivity contribution in [3.05, 3.63) is 33.8 Å². The maximum Gasteiger partial charge on any atom is 0.144 e. The molecule has 0 fully saturated rings. The van der Waals surface area contributed by atoms with Crippen molar-refractivity contribution in [1.29, 1.82) is 0 Å². The minimum absolute atomic E-state index is 0.0227. The summed E-state index contributed by atoms with van der Waals surface area (Å²) in [4.78, 5) is 1.77. The summed E-state index contributed by atoms with van der Waals surface area (Å²) >= 11 is 3.02. The van der Waals surface area contributed by atoms with E-state index < -0.39 is 11.6 Å². The monoisotopic (exact) mass is 293 g/mol. The average molecular weight is 294 g/mol. The van der Waals surface area contributed by atoms with Crippen LogP contribution in [0.3, 0.4) is 0 Å². The molecule has 1 N–H and O–H groups in total. The highest BCUT2D eigenvalue weighted by Crippen LogP contribution is 2.22. The normalized spacial score (nSPS) is 11.1. The van der Waals surface area contributed by atoms with Gasteiger partial charge in [-0.15, -0.1) is 0 Å². The Kier molecular flexibility index (Phi) is 5.31. The molecule has 16 heavy (non-hydrogen) atoms. The Bertz CT molecular complexity index is 360. The van der Waals surface area contributed by atoms with Crippen LogP contribution in [0.25, 0.3) is 0 Å². The minimum Gasteiger partial charge on any atom is -0.395 e. The lowest BCUT2D eigenvalue weighted by Crippen LogP contribution is -2.27. The molecule has 1 aromatic rings. The standard InChI is InChI=1S/C11H14BrF2NO/c1-2-15(5-6-16)7-8-10(13)4-3-9(12)11(8)14/h3-4,16H,2,5-7H2,1H3. The third-order valence-electron chi connectivity index (χ3n) is 2.38. The van der Waals surface area contributed by atoms with Gasteiger partial charge < -0.3 is 5.11 Å². The van der Waals surface area contributed by atoms with Gasteiger partial charge in [-0.05, 0) is 34.6 Å². The zero-order valence-electron chi connectivity index (χ0n) is 9.01. The summed E-state index contributed by atoms with van der Waals surface area (Å²) in [6.45, 7) is 3.05. The van der Waals surface area contributed by atoms with Gasteiger partial charge in [0, 0.05) is 18.7 Å². The number of hydrogen-bond donors (Lipinski definition) is 1. The largest absolute Gasteiger partial charge is 0.395 e. The van der Waals surface area contributed by atoms with E-state index in [1.165, 1.54) is 12.1 Å². The molecule has 0 aliphatic carbocycles. The van der Waals surface area contributed by atoms with Crippen LogP contribution in [0.2, 0.25) is 0 Å².